The van der Waals surface area contributed by atoms with Gasteiger partial charge in [0, 0.05) is 50.0 Å². The maximum Gasteiger partial charge on any atom is 0.319 e. The van der Waals surface area contributed by atoms with Crippen molar-refractivity contribution in [1.82, 2.24) is 15.5 Å². The summed E-state index contributed by atoms with van der Waals surface area (Å²) >= 11 is 0. The lowest BCUT2D eigenvalue weighted by atomic mass is 10.2. The van der Waals surface area contributed by atoms with Gasteiger partial charge in [0.05, 0.1) is 0 Å². The molecule has 2 aliphatic heterocycles. The molecule has 2 aliphatic rings. The number of amides is 5. The zero-order valence-electron chi connectivity index (χ0n) is 14.2. The Morgan fingerprint density at radius 3 is 2.64 bits per heavy atom. The minimum Gasteiger partial charge on any atom is -0.336 e. The molecule has 0 aromatic heterocycles. The fraction of sp³-hybridized carbons (Fsp3) is 0.471. The van der Waals surface area contributed by atoms with Gasteiger partial charge in [-0.1, -0.05) is 0 Å². The van der Waals surface area contributed by atoms with Gasteiger partial charge in [-0.15, -0.1) is 0 Å². The second kappa shape index (κ2) is 7.42. The van der Waals surface area contributed by atoms with Crippen molar-refractivity contribution in [2.45, 2.75) is 25.8 Å². The fourth-order valence-corrected chi connectivity index (χ4v) is 3.14. The van der Waals surface area contributed by atoms with Gasteiger partial charge in [0.15, 0.2) is 0 Å². The van der Waals surface area contributed by atoms with Gasteiger partial charge in [-0.05, 0) is 37.6 Å². The lowest BCUT2D eigenvalue weighted by molar-refractivity contribution is -0.117. The van der Waals surface area contributed by atoms with E-state index < -0.39 is 0 Å². The lowest BCUT2D eigenvalue weighted by Gasteiger charge is -2.22. The summed E-state index contributed by atoms with van der Waals surface area (Å²) in [4.78, 5) is 38.7. The van der Waals surface area contributed by atoms with Crippen molar-refractivity contribution < 1.29 is 14.4 Å². The first-order valence-electron chi connectivity index (χ1n) is 8.54. The van der Waals surface area contributed by atoms with Crippen molar-refractivity contribution in [3.63, 3.8) is 0 Å². The highest BCUT2D eigenvalue weighted by molar-refractivity contribution is 5.96. The second-order valence-electron chi connectivity index (χ2n) is 6.30. The van der Waals surface area contributed by atoms with Crippen LogP contribution in [0, 0.1) is 0 Å². The first kappa shape index (κ1) is 17.1. The number of anilines is 2. The number of carbonyl (C=O) groups excluding carboxylic acids is 3. The third kappa shape index (κ3) is 4.01. The van der Waals surface area contributed by atoms with E-state index in [2.05, 4.69) is 16.0 Å². The molecular formula is C17H23N5O3. The first-order chi connectivity index (χ1) is 12.0. The standard InChI is InChI=1S/C17H23N5O3/c1-12-2-7-15(23)22(12)14-5-3-13(4-6-14)20-16(24)18-8-10-21-11-9-19-17(21)25/h3-6,12H,2,7-11H2,1H3,(H,19,25)(H2,18,20,24)/t12-/m0/s1. The molecule has 8 nitrogen and oxygen atoms in total. The highest BCUT2D eigenvalue weighted by atomic mass is 16.2. The topological polar surface area (TPSA) is 93.8 Å². The molecule has 2 heterocycles. The summed E-state index contributed by atoms with van der Waals surface area (Å²) in [5.41, 5.74) is 1.50. The summed E-state index contributed by atoms with van der Waals surface area (Å²) in [7, 11) is 0. The molecule has 8 heteroatoms. The Hall–Kier alpha value is -2.77. The molecule has 5 amide bonds. The van der Waals surface area contributed by atoms with Crippen LogP contribution in [-0.4, -0.2) is 55.1 Å². The van der Waals surface area contributed by atoms with E-state index in [1.807, 2.05) is 19.1 Å². The third-order valence-electron chi connectivity index (χ3n) is 4.50. The van der Waals surface area contributed by atoms with Crippen LogP contribution < -0.4 is 20.9 Å². The number of urea groups is 2. The van der Waals surface area contributed by atoms with Crippen LogP contribution in [0.3, 0.4) is 0 Å². The van der Waals surface area contributed by atoms with Crippen LogP contribution in [0.2, 0.25) is 0 Å². The number of nitrogens with zero attached hydrogens (tertiary/aromatic N) is 2. The molecular weight excluding hydrogens is 322 g/mol. The van der Waals surface area contributed by atoms with Crippen LogP contribution in [0.4, 0.5) is 21.0 Å². The van der Waals surface area contributed by atoms with Crippen molar-refractivity contribution in [3.05, 3.63) is 24.3 Å². The van der Waals surface area contributed by atoms with E-state index in [1.54, 1.807) is 21.9 Å². The number of nitrogens with one attached hydrogen (secondary N) is 3. The molecule has 1 aromatic rings. The first-order valence-corrected chi connectivity index (χ1v) is 8.54. The minimum absolute atomic E-state index is 0.0940. The van der Waals surface area contributed by atoms with E-state index in [1.165, 1.54) is 0 Å². The van der Waals surface area contributed by atoms with E-state index >= 15 is 0 Å². The lowest BCUT2D eigenvalue weighted by Crippen LogP contribution is -2.38. The average Bonchev–Trinajstić information content (AvgIpc) is 3.14. The molecule has 25 heavy (non-hydrogen) atoms. The second-order valence-corrected chi connectivity index (χ2v) is 6.30. The van der Waals surface area contributed by atoms with Gasteiger partial charge in [0.2, 0.25) is 5.91 Å². The van der Waals surface area contributed by atoms with Crippen LogP contribution in [0.25, 0.3) is 0 Å². The van der Waals surface area contributed by atoms with Crippen molar-refractivity contribution in [2.24, 2.45) is 0 Å². The van der Waals surface area contributed by atoms with Crippen molar-refractivity contribution in [1.29, 1.82) is 0 Å². The average molecular weight is 345 g/mol. The molecule has 1 atom stereocenters. The highest BCUT2D eigenvalue weighted by Gasteiger charge is 2.28. The predicted octanol–water partition coefficient (Wildman–Crippen LogP) is 1.35. The Kier molecular flexibility index (Phi) is 5.06. The van der Waals surface area contributed by atoms with E-state index in [9.17, 15) is 14.4 Å². The largest absolute Gasteiger partial charge is 0.336 e. The van der Waals surface area contributed by atoms with Gasteiger partial charge in [-0.2, -0.15) is 0 Å². The SMILES string of the molecule is C[C@H]1CCC(=O)N1c1ccc(NC(=O)NCCN2CCNC2=O)cc1. The zero-order valence-corrected chi connectivity index (χ0v) is 14.2. The van der Waals surface area contributed by atoms with Gasteiger partial charge in [0.1, 0.15) is 0 Å². The predicted molar refractivity (Wildman–Crippen MR) is 94.6 cm³/mol. The van der Waals surface area contributed by atoms with E-state index in [4.69, 9.17) is 0 Å². The van der Waals surface area contributed by atoms with E-state index in [0.29, 0.717) is 38.3 Å². The summed E-state index contributed by atoms with van der Waals surface area (Å²) in [6, 6.07) is 7.02. The van der Waals surface area contributed by atoms with Gasteiger partial charge >= 0.3 is 12.1 Å². The molecule has 0 spiro atoms. The number of benzene rings is 1. The van der Waals surface area contributed by atoms with Crippen LogP contribution in [-0.2, 0) is 4.79 Å². The van der Waals surface area contributed by atoms with Crippen molar-refractivity contribution in [3.8, 4) is 0 Å². The number of rotatable bonds is 5. The Morgan fingerprint density at radius 1 is 1.28 bits per heavy atom. The highest BCUT2D eigenvalue weighted by Crippen LogP contribution is 2.27. The van der Waals surface area contributed by atoms with Gasteiger partial charge in [-0.3, -0.25) is 4.79 Å². The normalized spacial score (nSPS) is 20.0. The maximum absolute atomic E-state index is 11.9. The quantitative estimate of drug-likeness (QED) is 0.752. The van der Waals surface area contributed by atoms with Crippen LogP contribution in [0.15, 0.2) is 24.3 Å². The number of hydrogen-bond acceptors (Lipinski definition) is 3. The molecule has 3 rings (SSSR count). The van der Waals surface area contributed by atoms with Gasteiger partial charge in [0.25, 0.3) is 0 Å². The summed E-state index contributed by atoms with van der Waals surface area (Å²) in [5, 5.41) is 8.19. The third-order valence-corrected chi connectivity index (χ3v) is 4.50. The molecule has 0 radical (unpaired) electrons. The van der Waals surface area contributed by atoms with Crippen LogP contribution >= 0.6 is 0 Å². The fourth-order valence-electron chi connectivity index (χ4n) is 3.14. The summed E-state index contributed by atoms with van der Waals surface area (Å²) in [5.74, 6) is 0.136. The molecule has 3 N–H and O–H groups in total. The molecule has 0 bridgehead atoms. The molecule has 0 unspecified atom stereocenters. The monoisotopic (exact) mass is 345 g/mol. The Morgan fingerprint density at radius 2 is 2.04 bits per heavy atom. The Labute approximate surface area is 146 Å². The molecule has 2 fully saturated rings. The molecule has 134 valence electrons. The summed E-state index contributed by atoms with van der Waals surface area (Å²) in [6.45, 7) is 4.21. The van der Waals surface area contributed by atoms with Crippen molar-refractivity contribution in [2.75, 3.05) is 36.4 Å². The summed E-state index contributed by atoms with van der Waals surface area (Å²) < 4.78 is 0. The maximum atomic E-state index is 11.9. The summed E-state index contributed by atoms with van der Waals surface area (Å²) in [6.07, 6.45) is 1.45. The smallest absolute Gasteiger partial charge is 0.319 e. The van der Waals surface area contributed by atoms with E-state index in [-0.39, 0.29) is 24.0 Å². The Balaban J connectivity index is 1.47. The van der Waals surface area contributed by atoms with Crippen LogP contribution in [0.1, 0.15) is 19.8 Å². The molecule has 0 saturated carbocycles. The number of carbonyl (C=O) groups is 3. The molecule has 2 saturated heterocycles. The van der Waals surface area contributed by atoms with E-state index in [0.717, 1.165) is 12.1 Å². The van der Waals surface area contributed by atoms with Crippen molar-refractivity contribution >= 4 is 29.3 Å². The molecule has 0 aliphatic carbocycles. The zero-order chi connectivity index (χ0) is 17.8. The molecule has 1 aromatic carbocycles. The Bertz CT molecular complexity index is 661. The van der Waals surface area contributed by atoms with Gasteiger partial charge < -0.3 is 25.8 Å². The van der Waals surface area contributed by atoms with Crippen LogP contribution in [0.5, 0.6) is 0 Å². The minimum atomic E-state index is -0.321. The van der Waals surface area contributed by atoms with Gasteiger partial charge in [-0.25, -0.2) is 9.59 Å². The number of hydrogen-bond donors (Lipinski definition) is 3.